The fourth-order valence-electron chi connectivity index (χ4n) is 3.09. The smallest absolute Gasteiger partial charge is 0.386 e. The van der Waals surface area contributed by atoms with Crippen molar-refractivity contribution in [2.75, 3.05) is 32.7 Å². The first kappa shape index (κ1) is 28.9. The molecule has 2 heterocycles. The quantitative estimate of drug-likeness (QED) is 0.0734. The first-order chi connectivity index (χ1) is 17.6. The largest absolute Gasteiger partial charge is 0.460 e. The van der Waals surface area contributed by atoms with Crippen LogP contribution in [0.3, 0.4) is 0 Å². The van der Waals surface area contributed by atoms with Crippen LogP contribution in [-0.4, -0.2) is 106 Å². The Labute approximate surface area is 210 Å². The lowest BCUT2D eigenvalue weighted by Crippen LogP contribution is -2.44. The van der Waals surface area contributed by atoms with Gasteiger partial charge in [-0.3, -0.25) is 33.7 Å². The predicted molar refractivity (Wildman–Crippen MR) is 121 cm³/mol. The van der Waals surface area contributed by atoms with Crippen LogP contribution in [0.25, 0.3) is 0 Å². The Kier molecular flexibility index (Phi) is 11.1. The van der Waals surface area contributed by atoms with Crippen LogP contribution in [-0.2, 0) is 38.4 Å². The maximum Gasteiger partial charge on any atom is 0.386 e. The number of carbonyl (C=O) groups is 7. The van der Waals surface area contributed by atoms with Crippen molar-refractivity contribution in [3.05, 3.63) is 12.2 Å². The monoisotopic (exact) mass is 525 g/mol. The van der Waals surface area contributed by atoms with Crippen molar-refractivity contribution in [2.45, 2.75) is 38.3 Å². The van der Waals surface area contributed by atoms with E-state index in [-0.39, 0.29) is 51.1 Å². The van der Waals surface area contributed by atoms with Crippen LogP contribution in [0.2, 0.25) is 0 Å². The van der Waals surface area contributed by atoms with Crippen LogP contribution in [0.4, 0.5) is 0 Å². The number of hydroxylamine groups is 1. The Morgan fingerprint density at radius 2 is 1.43 bits per heavy atom. The second-order valence-corrected chi connectivity index (χ2v) is 7.92. The predicted octanol–water partition coefficient (Wildman–Crippen LogP) is -3.91. The zero-order valence-electron chi connectivity index (χ0n) is 19.9. The number of hydrogen-bond donors (Lipinski definition) is 6. The standard InChI is InChI=1S/C21H28N6O10/c28-13(2-1-9-26-17(32)3-4-18(26)33)23-11-15(30)25-12-16(31)24-10-14(29)22-8-7-21(36)37-27-19(34)5-6-20(27)35/h3-4,19,34H,1-2,5-12H2,(H4,22,23,24,25,28,29,30,31)/p+1. The third-order valence-electron chi connectivity index (χ3n) is 5.03. The zero-order chi connectivity index (χ0) is 27.4. The van der Waals surface area contributed by atoms with Gasteiger partial charge in [-0.15, -0.1) is 0 Å². The lowest BCUT2D eigenvalue weighted by atomic mass is 10.2. The maximum absolute atomic E-state index is 11.8. The first-order valence-electron chi connectivity index (χ1n) is 11.4. The molecule has 0 fully saturated rings. The van der Waals surface area contributed by atoms with Crippen LogP contribution in [0.1, 0.15) is 32.1 Å². The number of aliphatic hydroxyl groups excluding tert-OH is 2. The summed E-state index contributed by atoms with van der Waals surface area (Å²) in [5.41, 5.74) is 0. The SMILES string of the molecule is O=C(CCCN1C(=O)C=CC1=O)NCC(=O)NCC(=O)NCC(=O)NCCC(=O)O[N+]1=C(O)CCC1O. The molecule has 0 aliphatic carbocycles. The first-order valence-corrected chi connectivity index (χ1v) is 11.4. The van der Waals surface area contributed by atoms with Crippen molar-refractivity contribution in [2.24, 2.45) is 0 Å². The minimum atomic E-state index is -1.13. The molecule has 16 nitrogen and oxygen atoms in total. The van der Waals surface area contributed by atoms with Gasteiger partial charge in [-0.05, 0) is 6.42 Å². The van der Waals surface area contributed by atoms with Gasteiger partial charge in [-0.2, -0.15) is 4.84 Å². The summed E-state index contributed by atoms with van der Waals surface area (Å²) >= 11 is 0. The van der Waals surface area contributed by atoms with E-state index in [1.54, 1.807) is 0 Å². The van der Waals surface area contributed by atoms with E-state index in [1.807, 2.05) is 0 Å². The Hall–Kier alpha value is -4.34. The molecule has 0 radical (unpaired) electrons. The molecule has 2 rings (SSSR count). The molecule has 0 saturated carbocycles. The van der Waals surface area contributed by atoms with E-state index in [0.717, 1.165) is 17.1 Å². The van der Waals surface area contributed by atoms with Crippen molar-refractivity contribution >= 4 is 47.3 Å². The lowest BCUT2D eigenvalue weighted by Gasteiger charge is -2.13. The molecule has 0 bridgehead atoms. The van der Waals surface area contributed by atoms with Crippen LogP contribution in [0.15, 0.2) is 12.2 Å². The Balaban J connectivity index is 1.49. The second kappa shape index (κ2) is 14.3. The number of rotatable bonds is 14. The number of nitrogens with one attached hydrogen (secondary N) is 4. The molecule has 0 saturated heterocycles. The number of amides is 6. The molecule has 0 aromatic carbocycles. The van der Waals surface area contributed by atoms with Gasteiger partial charge in [0.1, 0.15) is 0 Å². The van der Waals surface area contributed by atoms with Crippen molar-refractivity contribution in [1.29, 1.82) is 0 Å². The number of imide groups is 1. The van der Waals surface area contributed by atoms with Crippen LogP contribution < -0.4 is 21.3 Å². The van der Waals surface area contributed by atoms with Gasteiger partial charge >= 0.3 is 18.1 Å². The molecule has 0 aromatic rings. The van der Waals surface area contributed by atoms with E-state index < -0.39 is 67.3 Å². The van der Waals surface area contributed by atoms with Crippen molar-refractivity contribution in [3.63, 3.8) is 0 Å². The number of nitrogens with zero attached hydrogens (tertiary/aromatic N) is 2. The van der Waals surface area contributed by atoms with Crippen molar-refractivity contribution in [1.82, 2.24) is 26.2 Å². The summed E-state index contributed by atoms with van der Waals surface area (Å²) in [4.78, 5) is 87.3. The molecule has 1 unspecified atom stereocenters. The molecule has 2 aliphatic rings. The minimum absolute atomic E-state index is 0.0151. The Morgan fingerprint density at radius 3 is 1.97 bits per heavy atom. The van der Waals surface area contributed by atoms with Gasteiger partial charge in [-0.25, -0.2) is 4.79 Å². The highest BCUT2D eigenvalue weighted by Gasteiger charge is 2.36. The van der Waals surface area contributed by atoms with E-state index in [2.05, 4.69) is 21.3 Å². The van der Waals surface area contributed by atoms with Gasteiger partial charge in [-0.1, -0.05) is 0 Å². The summed E-state index contributed by atoms with van der Waals surface area (Å²) in [7, 11) is 0. The van der Waals surface area contributed by atoms with E-state index in [1.165, 1.54) is 0 Å². The molecule has 6 N–H and O–H groups in total. The van der Waals surface area contributed by atoms with Gasteiger partial charge in [0.05, 0.1) is 43.6 Å². The third-order valence-corrected chi connectivity index (χ3v) is 5.03. The molecule has 1 atom stereocenters. The van der Waals surface area contributed by atoms with Gasteiger partial charge in [0, 0.05) is 31.7 Å². The molecule has 6 amide bonds. The highest BCUT2D eigenvalue weighted by molar-refractivity contribution is 6.12. The average molecular weight is 525 g/mol. The van der Waals surface area contributed by atoms with Crippen LogP contribution in [0.5, 0.6) is 0 Å². The third kappa shape index (κ3) is 10.0. The zero-order valence-corrected chi connectivity index (χ0v) is 19.9. The Morgan fingerprint density at radius 1 is 0.892 bits per heavy atom. The van der Waals surface area contributed by atoms with Crippen molar-refractivity contribution in [3.8, 4) is 0 Å². The molecule has 0 spiro atoms. The number of carbonyl (C=O) groups excluding carboxylic acids is 7. The van der Waals surface area contributed by atoms with Crippen molar-refractivity contribution < 1.29 is 53.4 Å². The Bertz CT molecular complexity index is 990. The summed E-state index contributed by atoms with van der Waals surface area (Å²) in [5.74, 6) is -4.35. The van der Waals surface area contributed by atoms with Crippen LogP contribution >= 0.6 is 0 Å². The summed E-state index contributed by atoms with van der Waals surface area (Å²) in [5, 5.41) is 28.3. The lowest BCUT2D eigenvalue weighted by molar-refractivity contribution is -0.808. The molecule has 0 aromatic heterocycles. The van der Waals surface area contributed by atoms with Gasteiger partial charge in [0.2, 0.25) is 23.6 Å². The highest BCUT2D eigenvalue weighted by atomic mass is 16.7. The highest BCUT2D eigenvalue weighted by Crippen LogP contribution is 2.10. The summed E-state index contributed by atoms with van der Waals surface area (Å²) in [6.45, 7) is -1.30. The summed E-state index contributed by atoms with van der Waals surface area (Å²) < 4.78 is 0.698. The molecule has 37 heavy (non-hydrogen) atoms. The molecule has 202 valence electrons. The van der Waals surface area contributed by atoms with Crippen LogP contribution in [0, 0.1) is 0 Å². The fraction of sp³-hybridized carbons (Fsp3) is 0.524. The number of hydrogen-bond acceptors (Lipinski definition) is 9. The molecular weight excluding hydrogens is 496 g/mol. The molecular formula is C21H29N6O10+. The summed E-state index contributed by atoms with van der Waals surface area (Å²) in [6, 6.07) is 0. The maximum atomic E-state index is 11.8. The second-order valence-electron chi connectivity index (χ2n) is 7.92. The molecule has 16 heteroatoms. The normalized spacial score (nSPS) is 16.6. The van der Waals surface area contributed by atoms with Gasteiger partial charge in [0.15, 0.2) is 0 Å². The van der Waals surface area contributed by atoms with E-state index >= 15 is 0 Å². The average Bonchev–Trinajstić information content (AvgIpc) is 3.35. The fourth-order valence-corrected chi connectivity index (χ4v) is 3.09. The van der Waals surface area contributed by atoms with E-state index in [4.69, 9.17) is 4.84 Å². The minimum Gasteiger partial charge on any atom is -0.460 e. The number of aliphatic hydroxyl groups is 2. The van der Waals surface area contributed by atoms with E-state index in [9.17, 15) is 43.8 Å². The van der Waals surface area contributed by atoms with E-state index in [0.29, 0.717) is 4.74 Å². The summed E-state index contributed by atoms with van der Waals surface area (Å²) in [6.07, 6.45) is 1.51. The topological polar surface area (TPSA) is 224 Å². The van der Waals surface area contributed by atoms with Gasteiger partial charge < -0.3 is 31.5 Å². The molecule has 2 aliphatic heterocycles. The van der Waals surface area contributed by atoms with Gasteiger partial charge in [0.25, 0.3) is 11.8 Å².